The van der Waals surface area contributed by atoms with Crippen molar-refractivity contribution >= 4 is 33.3 Å². The zero-order valence-corrected chi connectivity index (χ0v) is 18.2. The highest BCUT2D eigenvalue weighted by Gasteiger charge is 2.39. The van der Waals surface area contributed by atoms with E-state index in [0.29, 0.717) is 11.4 Å². The highest BCUT2D eigenvalue weighted by Crippen LogP contribution is 2.35. The Morgan fingerprint density at radius 1 is 1.03 bits per heavy atom. The zero-order chi connectivity index (χ0) is 22.4. The van der Waals surface area contributed by atoms with Gasteiger partial charge in [0.25, 0.3) is 0 Å². The summed E-state index contributed by atoms with van der Waals surface area (Å²) >= 11 is 6.58. The zero-order valence-electron chi connectivity index (χ0n) is 17.5. The van der Waals surface area contributed by atoms with Crippen molar-refractivity contribution in [3.05, 3.63) is 76.9 Å². The van der Waals surface area contributed by atoms with Crippen LogP contribution in [0, 0.1) is 0 Å². The van der Waals surface area contributed by atoms with Crippen LogP contribution in [0.15, 0.2) is 60.8 Å². The van der Waals surface area contributed by atoms with Gasteiger partial charge in [-0.2, -0.15) is 0 Å². The van der Waals surface area contributed by atoms with E-state index in [4.69, 9.17) is 21.1 Å². The van der Waals surface area contributed by atoms with Gasteiger partial charge in [0, 0.05) is 11.6 Å². The Bertz CT molecular complexity index is 1290. The minimum Gasteiger partial charge on any atom is -0.497 e. The van der Waals surface area contributed by atoms with Crippen molar-refractivity contribution in [2.75, 3.05) is 13.7 Å². The SMILES string of the molecule is COc1ccc2cc(Cc3cn([C@@H]4OC[C@@H](O)[C@H](O)[C@H]4O)c4cccc(Cl)c34)ccc2c1. The molecule has 0 amide bonds. The maximum atomic E-state index is 10.6. The third-order valence-electron chi connectivity index (χ3n) is 6.14. The van der Waals surface area contributed by atoms with Crippen LogP contribution in [0.2, 0.25) is 5.02 Å². The van der Waals surface area contributed by atoms with Crippen LogP contribution in [0.1, 0.15) is 17.4 Å². The maximum Gasteiger partial charge on any atom is 0.162 e. The molecule has 0 bridgehead atoms. The number of methoxy groups -OCH3 is 1. The molecule has 166 valence electrons. The van der Waals surface area contributed by atoms with E-state index in [0.717, 1.165) is 38.6 Å². The average molecular weight is 454 g/mol. The molecule has 1 saturated heterocycles. The quantitative estimate of drug-likeness (QED) is 0.439. The van der Waals surface area contributed by atoms with E-state index in [1.54, 1.807) is 11.7 Å². The molecule has 6 nitrogen and oxygen atoms in total. The van der Waals surface area contributed by atoms with E-state index in [9.17, 15) is 15.3 Å². The molecule has 0 radical (unpaired) electrons. The number of aliphatic hydroxyl groups is 3. The van der Waals surface area contributed by atoms with Crippen LogP contribution < -0.4 is 4.74 Å². The van der Waals surface area contributed by atoms with Crippen LogP contribution in [0.3, 0.4) is 0 Å². The predicted octanol–water partition coefficient (Wildman–Crippen LogP) is 3.66. The average Bonchev–Trinajstić information content (AvgIpc) is 3.16. The summed E-state index contributed by atoms with van der Waals surface area (Å²) in [6.07, 6.45) is -1.96. The molecule has 1 fully saturated rings. The second kappa shape index (κ2) is 8.39. The third-order valence-corrected chi connectivity index (χ3v) is 6.46. The smallest absolute Gasteiger partial charge is 0.162 e. The van der Waals surface area contributed by atoms with Crippen LogP contribution in [0.5, 0.6) is 5.75 Å². The van der Waals surface area contributed by atoms with Crippen LogP contribution in [-0.2, 0) is 11.2 Å². The molecule has 5 rings (SSSR count). The maximum absolute atomic E-state index is 10.6. The summed E-state index contributed by atoms with van der Waals surface area (Å²) in [7, 11) is 1.65. The summed E-state index contributed by atoms with van der Waals surface area (Å²) in [6, 6.07) is 17.8. The van der Waals surface area contributed by atoms with E-state index >= 15 is 0 Å². The van der Waals surface area contributed by atoms with Gasteiger partial charge in [0.15, 0.2) is 6.23 Å². The summed E-state index contributed by atoms with van der Waals surface area (Å²) in [6.45, 7) is -0.0629. The van der Waals surface area contributed by atoms with Gasteiger partial charge in [-0.25, -0.2) is 0 Å². The van der Waals surface area contributed by atoms with E-state index in [2.05, 4.69) is 18.2 Å². The first-order valence-electron chi connectivity index (χ1n) is 10.5. The van der Waals surface area contributed by atoms with Crippen LogP contribution >= 0.6 is 11.6 Å². The largest absolute Gasteiger partial charge is 0.497 e. The first kappa shape index (κ1) is 21.2. The number of rotatable bonds is 4. The fourth-order valence-corrected chi connectivity index (χ4v) is 4.75. The van der Waals surface area contributed by atoms with Crippen molar-refractivity contribution in [2.45, 2.75) is 31.0 Å². The fourth-order valence-electron chi connectivity index (χ4n) is 4.46. The van der Waals surface area contributed by atoms with Gasteiger partial charge in [0.1, 0.15) is 24.1 Å². The van der Waals surface area contributed by atoms with E-state index in [-0.39, 0.29) is 6.61 Å². The lowest BCUT2D eigenvalue weighted by molar-refractivity contribution is -0.209. The minimum absolute atomic E-state index is 0.0629. The Kier molecular flexibility index (Phi) is 5.57. The Morgan fingerprint density at radius 3 is 2.62 bits per heavy atom. The standard InChI is InChI=1S/C25H24ClNO5/c1-31-18-8-7-15-9-14(5-6-16(15)11-18)10-17-12-27(20-4-2-3-19(26)22(17)20)25-24(30)23(29)21(28)13-32-25/h2-9,11-12,21,23-25,28-30H,10,13H2,1H3/t21-,23+,24-,25-/m1/s1. The predicted molar refractivity (Wildman–Crippen MR) is 123 cm³/mol. The number of aromatic nitrogens is 1. The summed E-state index contributed by atoms with van der Waals surface area (Å²) in [4.78, 5) is 0. The molecule has 2 heterocycles. The van der Waals surface area contributed by atoms with Crippen molar-refractivity contribution in [2.24, 2.45) is 0 Å². The van der Waals surface area contributed by atoms with Crippen LogP contribution in [0.4, 0.5) is 0 Å². The Balaban J connectivity index is 1.55. The molecule has 1 aromatic heterocycles. The summed E-state index contributed by atoms with van der Waals surface area (Å²) in [5.41, 5.74) is 2.89. The van der Waals surface area contributed by atoms with E-state index in [1.807, 2.05) is 42.6 Å². The first-order chi connectivity index (χ1) is 15.5. The lowest BCUT2D eigenvalue weighted by atomic mass is 10.0. The van der Waals surface area contributed by atoms with Crippen molar-refractivity contribution in [3.63, 3.8) is 0 Å². The molecule has 0 aliphatic carbocycles. The molecular weight excluding hydrogens is 430 g/mol. The minimum atomic E-state index is -1.29. The highest BCUT2D eigenvalue weighted by atomic mass is 35.5. The number of aliphatic hydroxyl groups excluding tert-OH is 3. The molecule has 4 aromatic rings. The second-order valence-corrected chi connectivity index (χ2v) is 8.60. The van der Waals surface area contributed by atoms with Crippen molar-refractivity contribution in [3.8, 4) is 5.75 Å². The van der Waals surface area contributed by atoms with Crippen LogP contribution in [0.25, 0.3) is 21.7 Å². The summed E-state index contributed by atoms with van der Waals surface area (Å²) in [5.74, 6) is 0.818. The number of halogens is 1. The van der Waals surface area contributed by atoms with Gasteiger partial charge in [-0.1, -0.05) is 41.9 Å². The molecule has 0 saturated carbocycles. The normalized spacial score (nSPS) is 23.7. The Labute approximate surface area is 190 Å². The molecule has 0 spiro atoms. The fraction of sp³-hybridized carbons (Fsp3) is 0.280. The molecular formula is C25H24ClNO5. The van der Waals surface area contributed by atoms with E-state index in [1.165, 1.54) is 0 Å². The van der Waals surface area contributed by atoms with Crippen molar-refractivity contribution in [1.82, 2.24) is 4.57 Å². The van der Waals surface area contributed by atoms with Gasteiger partial charge in [0.05, 0.1) is 24.3 Å². The number of nitrogens with zero attached hydrogens (tertiary/aromatic N) is 1. The molecule has 3 aromatic carbocycles. The summed E-state index contributed by atoms with van der Waals surface area (Å²) < 4.78 is 12.8. The monoisotopic (exact) mass is 453 g/mol. The lowest BCUT2D eigenvalue weighted by Crippen LogP contribution is -2.50. The Hall–Kier alpha value is -2.61. The number of benzene rings is 3. The summed E-state index contributed by atoms with van der Waals surface area (Å²) in [5, 5.41) is 34.2. The van der Waals surface area contributed by atoms with Gasteiger partial charge in [-0.3, -0.25) is 0 Å². The molecule has 4 atom stereocenters. The van der Waals surface area contributed by atoms with Gasteiger partial charge < -0.3 is 29.4 Å². The van der Waals surface area contributed by atoms with Gasteiger partial charge in [-0.05, 0) is 52.6 Å². The molecule has 32 heavy (non-hydrogen) atoms. The highest BCUT2D eigenvalue weighted by molar-refractivity contribution is 6.35. The van der Waals surface area contributed by atoms with Crippen molar-refractivity contribution in [1.29, 1.82) is 0 Å². The molecule has 1 aliphatic heterocycles. The third kappa shape index (κ3) is 3.64. The van der Waals surface area contributed by atoms with E-state index < -0.39 is 24.5 Å². The van der Waals surface area contributed by atoms with Crippen LogP contribution in [-0.4, -0.2) is 51.9 Å². The Morgan fingerprint density at radius 2 is 1.81 bits per heavy atom. The number of hydrogen-bond donors (Lipinski definition) is 3. The lowest BCUT2D eigenvalue weighted by Gasteiger charge is -2.36. The molecule has 0 unspecified atom stereocenters. The van der Waals surface area contributed by atoms with Gasteiger partial charge in [0.2, 0.25) is 0 Å². The topological polar surface area (TPSA) is 84.1 Å². The first-order valence-corrected chi connectivity index (χ1v) is 10.8. The van der Waals surface area contributed by atoms with Gasteiger partial charge in [-0.15, -0.1) is 0 Å². The molecule has 7 heteroatoms. The number of ether oxygens (including phenoxy) is 2. The molecule has 3 N–H and O–H groups in total. The number of hydrogen-bond acceptors (Lipinski definition) is 5. The molecule has 1 aliphatic rings. The van der Waals surface area contributed by atoms with Crippen molar-refractivity contribution < 1.29 is 24.8 Å². The second-order valence-electron chi connectivity index (χ2n) is 8.19. The number of fused-ring (bicyclic) bond motifs is 2. The van der Waals surface area contributed by atoms with Gasteiger partial charge >= 0.3 is 0 Å².